The number of nitrogens with zero attached hydrogens (tertiary/aromatic N) is 3. The van der Waals surface area contributed by atoms with E-state index in [9.17, 15) is 4.79 Å². The molecule has 7 heteroatoms. The molecule has 1 unspecified atom stereocenters. The molecule has 1 aromatic rings. The molecule has 1 saturated heterocycles. The van der Waals surface area contributed by atoms with E-state index in [-0.39, 0.29) is 11.9 Å². The molecular weight excluding hydrogens is 322 g/mol. The normalized spacial score (nSPS) is 20.1. The fourth-order valence-electron chi connectivity index (χ4n) is 2.57. The lowest BCUT2D eigenvalue weighted by atomic mass is 10.1. The number of carbonyl (C=O) groups is 1. The highest BCUT2D eigenvalue weighted by atomic mass is 79.9. The summed E-state index contributed by atoms with van der Waals surface area (Å²) in [5.41, 5.74) is 2.13. The Morgan fingerprint density at radius 2 is 2.35 bits per heavy atom. The molecule has 2 rings (SSSR count). The van der Waals surface area contributed by atoms with Crippen LogP contribution in [0.15, 0.2) is 4.47 Å². The summed E-state index contributed by atoms with van der Waals surface area (Å²) in [6.45, 7) is 8.09. The summed E-state index contributed by atoms with van der Waals surface area (Å²) in [6.07, 6.45) is 0. The zero-order chi connectivity index (χ0) is 14.7. The molecule has 1 aromatic heterocycles. The fourth-order valence-corrected chi connectivity index (χ4v) is 2.98. The summed E-state index contributed by atoms with van der Waals surface area (Å²) in [4.78, 5) is 14.2. The molecule has 0 spiro atoms. The van der Waals surface area contributed by atoms with Gasteiger partial charge in [-0.3, -0.25) is 14.4 Å². The molecule has 2 N–H and O–H groups in total. The van der Waals surface area contributed by atoms with Gasteiger partial charge in [0.25, 0.3) is 0 Å². The molecule has 0 radical (unpaired) electrons. The van der Waals surface area contributed by atoms with Crippen LogP contribution in [-0.2, 0) is 17.9 Å². The van der Waals surface area contributed by atoms with Crippen molar-refractivity contribution in [1.82, 2.24) is 25.3 Å². The van der Waals surface area contributed by atoms with Gasteiger partial charge in [-0.15, -0.1) is 0 Å². The van der Waals surface area contributed by atoms with Crippen molar-refractivity contribution in [3.8, 4) is 0 Å². The summed E-state index contributed by atoms with van der Waals surface area (Å²) in [5.74, 6) is 0.0626. The van der Waals surface area contributed by atoms with E-state index < -0.39 is 0 Å². The van der Waals surface area contributed by atoms with Crippen LogP contribution >= 0.6 is 15.9 Å². The maximum atomic E-state index is 12.0. The molecule has 112 valence electrons. The third-order valence-corrected chi connectivity index (χ3v) is 4.74. The second kappa shape index (κ2) is 6.69. The van der Waals surface area contributed by atoms with Gasteiger partial charge in [-0.1, -0.05) is 0 Å². The van der Waals surface area contributed by atoms with E-state index in [2.05, 4.69) is 43.5 Å². The van der Waals surface area contributed by atoms with Gasteiger partial charge >= 0.3 is 0 Å². The standard InChI is InChI=1S/C13H22BrN5O/c1-4-19-11(12(14)9(2)17-19)8-18-6-5-16-7-10(18)13(20)15-3/h10,16H,4-8H2,1-3H3,(H,15,20). The van der Waals surface area contributed by atoms with Crippen molar-refractivity contribution in [3.63, 3.8) is 0 Å². The number of amides is 1. The maximum Gasteiger partial charge on any atom is 0.238 e. The molecular formula is C13H22BrN5O. The van der Waals surface area contributed by atoms with E-state index in [0.29, 0.717) is 6.54 Å². The molecule has 6 nitrogen and oxygen atoms in total. The predicted molar refractivity (Wildman–Crippen MR) is 81.5 cm³/mol. The molecule has 1 atom stereocenters. The smallest absolute Gasteiger partial charge is 0.238 e. The second-order valence-electron chi connectivity index (χ2n) is 4.97. The van der Waals surface area contributed by atoms with Gasteiger partial charge in [-0.2, -0.15) is 5.10 Å². The highest BCUT2D eigenvalue weighted by Gasteiger charge is 2.29. The number of nitrogens with one attached hydrogen (secondary N) is 2. The van der Waals surface area contributed by atoms with Crippen molar-refractivity contribution < 1.29 is 4.79 Å². The summed E-state index contributed by atoms with van der Waals surface area (Å²) >= 11 is 3.62. The number of hydrogen-bond acceptors (Lipinski definition) is 4. The minimum atomic E-state index is -0.124. The van der Waals surface area contributed by atoms with Crippen LogP contribution in [0.4, 0.5) is 0 Å². The molecule has 0 bridgehead atoms. The first-order chi connectivity index (χ1) is 9.58. The largest absolute Gasteiger partial charge is 0.358 e. The minimum Gasteiger partial charge on any atom is -0.358 e. The molecule has 20 heavy (non-hydrogen) atoms. The van der Waals surface area contributed by atoms with Crippen molar-refractivity contribution >= 4 is 21.8 Å². The second-order valence-corrected chi connectivity index (χ2v) is 5.76. The number of piperazine rings is 1. The van der Waals surface area contributed by atoms with E-state index in [1.807, 2.05) is 11.6 Å². The van der Waals surface area contributed by atoms with Crippen molar-refractivity contribution in [2.45, 2.75) is 33.0 Å². The Labute approximate surface area is 128 Å². The number of carbonyl (C=O) groups excluding carboxylic acids is 1. The third-order valence-electron chi connectivity index (χ3n) is 3.71. The number of rotatable bonds is 4. The first-order valence-corrected chi connectivity index (χ1v) is 7.75. The Morgan fingerprint density at radius 1 is 1.60 bits per heavy atom. The van der Waals surface area contributed by atoms with Crippen LogP contribution in [0.25, 0.3) is 0 Å². The number of hydrogen-bond donors (Lipinski definition) is 2. The summed E-state index contributed by atoms with van der Waals surface area (Å²) in [7, 11) is 1.69. The van der Waals surface area contributed by atoms with Crippen molar-refractivity contribution in [1.29, 1.82) is 0 Å². The van der Waals surface area contributed by atoms with E-state index >= 15 is 0 Å². The van der Waals surface area contributed by atoms with E-state index in [4.69, 9.17) is 0 Å². The van der Waals surface area contributed by atoms with Crippen LogP contribution < -0.4 is 10.6 Å². The highest BCUT2D eigenvalue weighted by molar-refractivity contribution is 9.10. The van der Waals surface area contributed by atoms with Crippen LogP contribution in [0, 0.1) is 6.92 Å². The zero-order valence-electron chi connectivity index (χ0n) is 12.2. The van der Waals surface area contributed by atoms with Gasteiger partial charge in [-0.25, -0.2) is 0 Å². The fraction of sp³-hybridized carbons (Fsp3) is 0.692. The third kappa shape index (κ3) is 3.05. The Hall–Kier alpha value is -0.920. The highest BCUT2D eigenvalue weighted by Crippen LogP contribution is 2.23. The molecule has 1 aliphatic rings. The van der Waals surface area contributed by atoms with Gasteiger partial charge in [0, 0.05) is 39.8 Å². The number of aryl methyl sites for hydroxylation is 2. The maximum absolute atomic E-state index is 12.0. The first kappa shape index (κ1) is 15.5. The summed E-state index contributed by atoms with van der Waals surface area (Å²) < 4.78 is 3.05. The average molecular weight is 344 g/mol. The van der Waals surface area contributed by atoms with Crippen LogP contribution in [0.2, 0.25) is 0 Å². The molecule has 1 fully saturated rings. The molecule has 1 aliphatic heterocycles. The predicted octanol–water partition coefficient (Wildman–Crippen LogP) is 0.494. The Morgan fingerprint density at radius 3 is 3.00 bits per heavy atom. The average Bonchev–Trinajstić information content (AvgIpc) is 2.74. The van der Waals surface area contributed by atoms with Crippen LogP contribution in [0.1, 0.15) is 18.3 Å². The van der Waals surface area contributed by atoms with E-state index in [0.717, 1.165) is 42.0 Å². The van der Waals surface area contributed by atoms with Crippen LogP contribution in [-0.4, -0.2) is 53.3 Å². The number of aromatic nitrogens is 2. The van der Waals surface area contributed by atoms with Crippen LogP contribution in [0.5, 0.6) is 0 Å². The molecule has 0 aromatic carbocycles. The van der Waals surface area contributed by atoms with E-state index in [1.165, 1.54) is 0 Å². The monoisotopic (exact) mass is 343 g/mol. The van der Waals surface area contributed by atoms with E-state index in [1.54, 1.807) is 7.05 Å². The molecule has 0 aliphatic carbocycles. The SMILES string of the molecule is CCn1nc(C)c(Br)c1CN1CCNCC1C(=O)NC. The molecule has 0 saturated carbocycles. The lowest BCUT2D eigenvalue weighted by molar-refractivity contribution is -0.126. The van der Waals surface area contributed by atoms with Gasteiger partial charge in [0.05, 0.1) is 15.9 Å². The topological polar surface area (TPSA) is 62.2 Å². The quantitative estimate of drug-likeness (QED) is 0.835. The van der Waals surface area contributed by atoms with Gasteiger partial charge < -0.3 is 10.6 Å². The number of halogens is 1. The summed E-state index contributed by atoms with van der Waals surface area (Å²) in [6, 6.07) is -0.124. The van der Waals surface area contributed by atoms with Crippen molar-refractivity contribution in [2.75, 3.05) is 26.7 Å². The Balaban J connectivity index is 2.20. The van der Waals surface area contributed by atoms with Gasteiger partial charge in [0.1, 0.15) is 6.04 Å². The van der Waals surface area contributed by atoms with Gasteiger partial charge in [-0.05, 0) is 29.8 Å². The van der Waals surface area contributed by atoms with Crippen molar-refractivity contribution in [3.05, 3.63) is 15.9 Å². The first-order valence-electron chi connectivity index (χ1n) is 6.96. The molecule has 1 amide bonds. The molecule has 2 heterocycles. The van der Waals surface area contributed by atoms with Crippen LogP contribution in [0.3, 0.4) is 0 Å². The number of likely N-dealkylation sites (N-methyl/N-ethyl adjacent to an activating group) is 1. The van der Waals surface area contributed by atoms with Gasteiger partial charge in [0.2, 0.25) is 5.91 Å². The van der Waals surface area contributed by atoms with Gasteiger partial charge in [0.15, 0.2) is 0 Å². The lowest BCUT2D eigenvalue weighted by Crippen LogP contribution is -2.57. The lowest BCUT2D eigenvalue weighted by Gasteiger charge is -2.34. The van der Waals surface area contributed by atoms with Crippen molar-refractivity contribution in [2.24, 2.45) is 0 Å². The Bertz CT molecular complexity index is 487. The Kier molecular flexibility index (Phi) is 5.17. The minimum absolute atomic E-state index is 0.0626. The zero-order valence-corrected chi connectivity index (χ0v) is 13.8. The summed E-state index contributed by atoms with van der Waals surface area (Å²) in [5, 5.41) is 10.5.